The van der Waals surface area contributed by atoms with Crippen LogP contribution in [0.15, 0.2) is 30.3 Å². The van der Waals surface area contributed by atoms with Crippen molar-refractivity contribution in [2.75, 3.05) is 13.2 Å². The number of aliphatic carboxylic acids is 1. The largest absolute Gasteiger partial charge is 0.481 e. The van der Waals surface area contributed by atoms with Crippen molar-refractivity contribution in [3.05, 3.63) is 52.3 Å². The van der Waals surface area contributed by atoms with Gasteiger partial charge in [-0.2, -0.15) is 5.10 Å². The molecule has 3 rings (SSSR count). The van der Waals surface area contributed by atoms with Crippen molar-refractivity contribution in [3.8, 4) is 0 Å². The number of aromatic nitrogens is 2. The molecule has 1 aromatic heterocycles. The van der Waals surface area contributed by atoms with Crippen molar-refractivity contribution in [2.45, 2.75) is 77.0 Å². The van der Waals surface area contributed by atoms with Crippen LogP contribution in [0.4, 0.5) is 0 Å². The minimum atomic E-state index is -0.802. The number of morpholine rings is 1. The SMILES string of the molecule is CCCC(CCCc1cc(C)n(C)n1)N1C[C@H](CC(=O)O)OC[C@@H]1Cc1ccc(Cl)cc1. The van der Waals surface area contributed by atoms with Crippen LogP contribution in [0.25, 0.3) is 0 Å². The standard InChI is InChI=1S/C25H36ClN3O3/c1-4-6-22(8-5-7-21-13-18(2)28(3)27-21)29-16-24(15-25(30)31)32-17-23(29)14-19-9-11-20(26)12-10-19/h9-13,22-24H,4-8,14-17H2,1-3H3,(H,30,31)/t22?,23-,24-/m0/s1. The third-order valence-corrected chi connectivity index (χ3v) is 6.67. The molecule has 0 radical (unpaired) electrons. The van der Waals surface area contributed by atoms with Gasteiger partial charge in [-0.15, -0.1) is 0 Å². The van der Waals surface area contributed by atoms with Gasteiger partial charge in [0.2, 0.25) is 0 Å². The first-order valence-electron chi connectivity index (χ1n) is 11.7. The molecule has 1 aliphatic rings. The third-order valence-electron chi connectivity index (χ3n) is 6.42. The van der Waals surface area contributed by atoms with E-state index in [1.807, 2.05) is 23.9 Å². The zero-order valence-corrected chi connectivity index (χ0v) is 20.2. The van der Waals surface area contributed by atoms with E-state index in [0.29, 0.717) is 19.2 Å². The second-order valence-electron chi connectivity index (χ2n) is 8.97. The Morgan fingerprint density at radius 3 is 2.69 bits per heavy atom. The Kier molecular flexibility index (Phi) is 9.14. The number of ether oxygens (including phenoxy) is 1. The maximum absolute atomic E-state index is 11.3. The topological polar surface area (TPSA) is 67.6 Å². The monoisotopic (exact) mass is 461 g/mol. The van der Waals surface area contributed by atoms with Gasteiger partial charge in [-0.3, -0.25) is 14.4 Å². The lowest BCUT2D eigenvalue weighted by Gasteiger charge is -2.44. The molecule has 0 bridgehead atoms. The third kappa shape index (κ3) is 7.06. The maximum atomic E-state index is 11.3. The second kappa shape index (κ2) is 11.8. The van der Waals surface area contributed by atoms with Crippen molar-refractivity contribution in [1.29, 1.82) is 0 Å². The highest BCUT2D eigenvalue weighted by molar-refractivity contribution is 6.30. The molecule has 7 heteroatoms. The number of benzene rings is 1. The molecule has 2 aromatic rings. The van der Waals surface area contributed by atoms with Gasteiger partial charge in [-0.1, -0.05) is 37.1 Å². The first-order chi connectivity index (χ1) is 15.4. The number of rotatable bonds is 11. The molecular formula is C25H36ClN3O3. The number of carbonyl (C=O) groups is 1. The summed E-state index contributed by atoms with van der Waals surface area (Å²) >= 11 is 6.06. The van der Waals surface area contributed by atoms with E-state index >= 15 is 0 Å². The molecule has 1 fully saturated rings. The predicted molar refractivity (Wildman–Crippen MR) is 127 cm³/mol. The fourth-order valence-electron chi connectivity index (χ4n) is 4.70. The van der Waals surface area contributed by atoms with Crippen LogP contribution in [-0.4, -0.2) is 57.1 Å². The predicted octanol–water partition coefficient (Wildman–Crippen LogP) is 4.66. The molecule has 1 aliphatic heterocycles. The highest BCUT2D eigenvalue weighted by Gasteiger charge is 2.34. The van der Waals surface area contributed by atoms with Gasteiger partial charge in [-0.05, 0) is 62.8 Å². The van der Waals surface area contributed by atoms with Crippen LogP contribution in [0.5, 0.6) is 0 Å². The summed E-state index contributed by atoms with van der Waals surface area (Å²) < 4.78 is 7.91. The number of carboxylic acid groups (broad SMARTS) is 1. The van der Waals surface area contributed by atoms with Crippen LogP contribution in [0.3, 0.4) is 0 Å². The molecule has 1 aromatic carbocycles. The molecule has 0 aliphatic carbocycles. The number of halogens is 1. The molecule has 0 amide bonds. The van der Waals surface area contributed by atoms with E-state index in [1.165, 1.54) is 11.3 Å². The second-order valence-corrected chi connectivity index (χ2v) is 9.41. The van der Waals surface area contributed by atoms with E-state index in [-0.39, 0.29) is 18.6 Å². The number of hydrogen-bond acceptors (Lipinski definition) is 4. The Morgan fingerprint density at radius 2 is 2.06 bits per heavy atom. The quantitative estimate of drug-likeness (QED) is 0.527. The van der Waals surface area contributed by atoms with E-state index < -0.39 is 5.97 Å². The Bertz CT molecular complexity index is 848. The molecule has 0 saturated carbocycles. The number of carboxylic acids is 1. The average Bonchev–Trinajstić information content (AvgIpc) is 3.07. The Morgan fingerprint density at radius 1 is 1.31 bits per heavy atom. The summed E-state index contributed by atoms with van der Waals surface area (Å²) in [6.07, 6.45) is 5.96. The van der Waals surface area contributed by atoms with Gasteiger partial charge in [0.15, 0.2) is 0 Å². The summed E-state index contributed by atoms with van der Waals surface area (Å²) in [5.74, 6) is -0.802. The van der Waals surface area contributed by atoms with Gasteiger partial charge in [0, 0.05) is 36.4 Å². The summed E-state index contributed by atoms with van der Waals surface area (Å²) in [5.41, 5.74) is 3.55. The lowest BCUT2D eigenvalue weighted by molar-refractivity contribution is -0.145. The van der Waals surface area contributed by atoms with E-state index in [0.717, 1.165) is 49.2 Å². The van der Waals surface area contributed by atoms with Crippen molar-refractivity contribution >= 4 is 17.6 Å². The van der Waals surface area contributed by atoms with Crippen LogP contribution in [0.1, 0.15) is 56.0 Å². The van der Waals surface area contributed by atoms with Gasteiger partial charge in [0.1, 0.15) is 0 Å². The van der Waals surface area contributed by atoms with Gasteiger partial charge in [0.05, 0.1) is 24.8 Å². The van der Waals surface area contributed by atoms with E-state index in [2.05, 4.69) is 42.0 Å². The number of nitrogens with zero attached hydrogens (tertiary/aromatic N) is 3. The minimum absolute atomic E-state index is 0.0518. The molecule has 176 valence electrons. The number of hydrogen-bond donors (Lipinski definition) is 1. The summed E-state index contributed by atoms with van der Waals surface area (Å²) in [4.78, 5) is 13.8. The molecule has 1 N–H and O–H groups in total. The zero-order valence-electron chi connectivity index (χ0n) is 19.5. The highest BCUT2D eigenvalue weighted by atomic mass is 35.5. The molecule has 1 saturated heterocycles. The van der Waals surface area contributed by atoms with Gasteiger partial charge >= 0.3 is 5.97 Å². The van der Waals surface area contributed by atoms with Crippen molar-refractivity contribution < 1.29 is 14.6 Å². The molecule has 3 atom stereocenters. The molecule has 6 nitrogen and oxygen atoms in total. The average molecular weight is 462 g/mol. The highest BCUT2D eigenvalue weighted by Crippen LogP contribution is 2.26. The van der Waals surface area contributed by atoms with Crippen LogP contribution in [-0.2, 0) is 29.4 Å². The molecule has 1 unspecified atom stereocenters. The normalized spacial score (nSPS) is 20.4. The van der Waals surface area contributed by atoms with E-state index in [9.17, 15) is 9.90 Å². The first kappa shape index (κ1) is 24.7. The smallest absolute Gasteiger partial charge is 0.306 e. The molecule has 32 heavy (non-hydrogen) atoms. The number of aryl methyl sites for hydroxylation is 3. The van der Waals surface area contributed by atoms with Gasteiger partial charge < -0.3 is 9.84 Å². The fourth-order valence-corrected chi connectivity index (χ4v) is 4.83. The zero-order chi connectivity index (χ0) is 23.1. The summed E-state index contributed by atoms with van der Waals surface area (Å²) in [7, 11) is 1.98. The summed E-state index contributed by atoms with van der Waals surface area (Å²) in [6.45, 7) is 5.52. The fraction of sp³-hybridized carbons (Fsp3) is 0.600. The van der Waals surface area contributed by atoms with Crippen molar-refractivity contribution in [2.24, 2.45) is 7.05 Å². The van der Waals surface area contributed by atoms with Crippen molar-refractivity contribution in [1.82, 2.24) is 14.7 Å². The maximum Gasteiger partial charge on any atom is 0.306 e. The minimum Gasteiger partial charge on any atom is -0.481 e. The Balaban J connectivity index is 1.70. The van der Waals surface area contributed by atoms with E-state index in [1.54, 1.807) is 0 Å². The van der Waals surface area contributed by atoms with Crippen LogP contribution in [0.2, 0.25) is 5.02 Å². The van der Waals surface area contributed by atoms with Gasteiger partial charge in [-0.25, -0.2) is 0 Å². The lowest BCUT2D eigenvalue weighted by Crippen LogP contribution is -2.55. The van der Waals surface area contributed by atoms with Crippen LogP contribution in [0, 0.1) is 6.92 Å². The Labute approximate surface area is 196 Å². The lowest BCUT2D eigenvalue weighted by atomic mass is 9.95. The summed E-state index contributed by atoms with van der Waals surface area (Å²) in [6, 6.07) is 10.8. The first-order valence-corrected chi connectivity index (χ1v) is 12.1. The Hall–Kier alpha value is -1.89. The summed E-state index contributed by atoms with van der Waals surface area (Å²) in [5, 5.41) is 14.6. The van der Waals surface area contributed by atoms with Crippen LogP contribution >= 0.6 is 11.6 Å². The van der Waals surface area contributed by atoms with Crippen molar-refractivity contribution in [3.63, 3.8) is 0 Å². The molecule has 2 heterocycles. The van der Waals surface area contributed by atoms with E-state index in [4.69, 9.17) is 16.3 Å². The van der Waals surface area contributed by atoms with Gasteiger partial charge in [0.25, 0.3) is 0 Å². The van der Waals surface area contributed by atoms with Crippen LogP contribution < -0.4 is 0 Å². The molecular weight excluding hydrogens is 426 g/mol. The molecule has 0 spiro atoms.